The Morgan fingerprint density at radius 3 is 2.66 bits per heavy atom. The van der Waals surface area contributed by atoms with Gasteiger partial charge in [-0.2, -0.15) is 0 Å². The number of likely N-dealkylation sites (tertiary alicyclic amines) is 1. The van der Waals surface area contributed by atoms with Gasteiger partial charge in [0.15, 0.2) is 0 Å². The molecule has 2 atom stereocenters. The molecule has 3 aliphatic rings. The summed E-state index contributed by atoms with van der Waals surface area (Å²) >= 11 is 0. The summed E-state index contributed by atoms with van der Waals surface area (Å²) in [5.41, 5.74) is 1.52. The normalized spacial score (nSPS) is 27.4. The fourth-order valence-electron chi connectivity index (χ4n) is 5.72. The standard InChI is InChI=1S/C27H33NO4/c1-21-7-5-8-22(17-21)27(12-15-30-16-13-27)25(29)28-14-6-11-26(20-28)18-24(19-31-26)32-23-9-3-2-4-10-23/h2-5,7-10,17,24H,6,11-16,18-20H2,1H3/t24-,26+/m1/s1. The van der Waals surface area contributed by atoms with Crippen LogP contribution in [0, 0.1) is 6.92 Å². The fourth-order valence-corrected chi connectivity index (χ4v) is 5.72. The summed E-state index contributed by atoms with van der Waals surface area (Å²) in [6.07, 6.45) is 4.27. The number of hydrogen-bond acceptors (Lipinski definition) is 4. The first-order valence-electron chi connectivity index (χ1n) is 11.9. The van der Waals surface area contributed by atoms with Crippen molar-refractivity contribution in [3.05, 3.63) is 65.7 Å². The SMILES string of the molecule is Cc1cccc(C2(C(=O)N3CCC[C@]4(C[C@@H](Oc5ccccc5)CO4)C3)CCOCC2)c1. The van der Waals surface area contributed by atoms with Crippen molar-refractivity contribution in [2.75, 3.05) is 32.9 Å². The second-order valence-corrected chi connectivity index (χ2v) is 9.65. The van der Waals surface area contributed by atoms with Gasteiger partial charge in [0, 0.05) is 32.7 Å². The van der Waals surface area contributed by atoms with Crippen molar-refractivity contribution in [1.29, 1.82) is 0 Å². The quantitative estimate of drug-likeness (QED) is 0.720. The summed E-state index contributed by atoms with van der Waals surface area (Å²) in [7, 11) is 0. The predicted octanol–water partition coefficient (Wildman–Crippen LogP) is 4.27. The minimum Gasteiger partial charge on any atom is -0.488 e. The fraction of sp³-hybridized carbons (Fsp3) is 0.519. The zero-order chi connectivity index (χ0) is 22.0. The van der Waals surface area contributed by atoms with Crippen LogP contribution in [0.4, 0.5) is 0 Å². The molecule has 32 heavy (non-hydrogen) atoms. The lowest BCUT2D eigenvalue weighted by Gasteiger charge is -2.45. The minimum atomic E-state index is -0.499. The first-order valence-corrected chi connectivity index (χ1v) is 11.9. The maximum atomic E-state index is 14.1. The average molecular weight is 436 g/mol. The molecule has 0 unspecified atom stereocenters. The van der Waals surface area contributed by atoms with Gasteiger partial charge in [-0.05, 0) is 50.3 Å². The lowest BCUT2D eigenvalue weighted by atomic mass is 9.72. The van der Waals surface area contributed by atoms with Crippen LogP contribution in [0.1, 0.15) is 43.2 Å². The highest BCUT2D eigenvalue weighted by atomic mass is 16.6. The number of amides is 1. The van der Waals surface area contributed by atoms with Crippen LogP contribution in [0.2, 0.25) is 0 Å². The van der Waals surface area contributed by atoms with Crippen LogP contribution in [0.3, 0.4) is 0 Å². The zero-order valence-electron chi connectivity index (χ0n) is 18.9. The third-order valence-corrected chi connectivity index (χ3v) is 7.37. The van der Waals surface area contributed by atoms with Crippen molar-refractivity contribution >= 4 is 5.91 Å². The number of rotatable bonds is 4. The Kier molecular flexibility index (Phi) is 5.95. The molecule has 2 aromatic rings. The van der Waals surface area contributed by atoms with Crippen molar-refractivity contribution in [3.63, 3.8) is 0 Å². The number of para-hydroxylation sites is 1. The number of benzene rings is 2. The Bertz CT molecular complexity index is 940. The Morgan fingerprint density at radius 2 is 1.88 bits per heavy atom. The van der Waals surface area contributed by atoms with Crippen molar-refractivity contribution in [2.24, 2.45) is 0 Å². The molecule has 170 valence electrons. The van der Waals surface area contributed by atoms with Gasteiger partial charge < -0.3 is 19.1 Å². The molecular weight excluding hydrogens is 402 g/mol. The maximum absolute atomic E-state index is 14.1. The van der Waals surface area contributed by atoms with Gasteiger partial charge in [-0.25, -0.2) is 0 Å². The molecule has 5 nitrogen and oxygen atoms in total. The number of carbonyl (C=O) groups is 1. The van der Waals surface area contributed by atoms with E-state index < -0.39 is 5.41 Å². The summed E-state index contributed by atoms with van der Waals surface area (Å²) in [6.45, 7) is 5.37. The first kappa shape index (κ1) is 21.5. The molecule has 3 heterocycles. The third kappa shape index (κ3) is 4.16. The van der Waals surface area contributed by atoms with Gasteiger partial charge in [-0.3, -0.25) is 4.79 Å². The summed E-state index contributed by atoms with van der Waals surface area (Å²) < 4.78 is 18.2. The Balaban J connectivity index is 1.33. The molecule has 0 N–H and O–H groups in total. The number of hydrogen-bond donors (Lipinski definition) is 0. The lowest BCUT2D eigenvalue weighted by molar-refractivity contribution is -0.149. The Morgan fingerprint density at radius 1 is 1.06 bits per heavy atom. The van der Waals surface area contributed by atoms with Gasteiger partial charge in [-0.1, -0.05) is 48.0 Å². The predicted molar refractivity (Wildman–Crippen MR) is 123 cm³/mol. The number of ether oxygens (including phenoxy) is 3. The molecule has 3 saturated heterocycles. The van der Waals surface area contributed by atoms with Crippen molar-refractivity contribution < 1.29 is 19.0 Å². The van der Waals surface area contributed by atoms with Crippen LogP contribution in [-0.2, 0) is 19.7 Å². The van der Waals surface area contributed by atoms with Gasteiger partial charge >= 0.3 is 0 Å². The maximum Gasteiger partial charge on any atom is 0.233 e. The molecule has 0 saturated carbocycles. The molecule has 1 spiro atoms. The number of piperidine rings is 1. The van der Waals surface area contributed by atoms with E-state index in [1.165, 1.54) is 5.56 Å². The van der Waals surface area contributed by atoms with Crippen LogP contribution in [0.5, 0.6) is 5.75 Å². The summed E-state index contributed by atoms with van der Waals surface area (Å²) in [5.74, 6) is 1.11. The van der Waals surface area contributed by atoms with Gasteiger partial charge in [0.05, 0.1) is 17.6 Å². The second kappa shape index (κ2) is 8.87. The zero-order valence-corrected chi connectivity index (χ0v) is 18.9. The van der Waals surface area contributed by atoms with Gasteiger partial charge in [-0.15, -0.1) is 0 Å². The van der Waals surface area contributed by atoms with E-state index in [1.807, 2.05) is 30.3 Å². The highest BCUT2D eigenvalue weighted by Gasteiger charge is 2.50. The third-order valence-electron chi connectivity index (χ3n) is 7.37. The molecule has 5 heteroatoms. The van der Waals surface area contributed by atoms with E-state index in [0.717, 1.165) is 50.0 Å². The van der Waals surface area contributed by atoms with E-state index in [4.69, 9.17) is 14.2 Å². The highest BCUT2D eigenvalue weighted by molar-refractivity contribution is 5.88. The number of aryl methyl sites for hydroxylation is 1. The molecule has 0 aliphatic carbocycles. The largest absolute Gasteiger partial charge is 0.488 e. The number of carbonyl (C=O) groups excluding carboxylic acids is 1. The monoisotopic (exact) mass is 435 g/mol. The number of nitrogens with zero attached hydrogens (tertiary/aromatic N) is 1. The first-order chi connectivity index (χ1) is 15.6. The molecule has 0 radical (unpaired) electrons. The van der Waals surface area contributed by atoms with E-state index in [-0.39, 0.29) is 17.6 Å². The summed E-state index contributed by atoms with van der Waals surface area (Å²) in [4.78, 5) is 16.2. The molecular formula is C27H33NO4. The van der Waals surface area contributed by atoms with E-state index in [2.05, 4.69) is 36.1 Å². The molecule has 3 aliphatic heterocycles. The van der Waals surface area contributed by atoms with Crippen LogP contribution in [-0.4, -0.2) is 55.4 Å². The van der Waals surface area contributed by atoms with Crippen LogP contribution < -0.4 is 4.74 Å². The average Bonchev–Trinajstić information content (AvgIpc) is 3.20. The van der Waals surface area contributed by atoms with Crippen LogP contribution in [0.25, 0.3) is 0 Å². The van der Waals surface area contributed by atoms with E-state index in [9.17, 15) is 4.79 Å². The van der Waals surface area contributed by atoms with E-state index >= 15 is 0 Å². The van der Waals surface area contributed by atoms with Crippen molar-refractivity contribution in [2.45, 2.75) is 56.1 Å². The van der Waals surface area contributed by atoms with E-state index in [1.54, 1.807) is 0 Å². The Labute approximate surface area is 190 Å². The van der Waals surface area contributed by atoms with Gasteiger partial charge in [0.1, 0.15) is 11.9 Å². The topological polar surface area (TPSA) is 48.0 Å². The van der Waals surface area contributed by atoms with Gasteiger partial charge in [0.25, 0.3) is 0 Å². The van der Waals surface area contributed by atoms with Crippen LogP contribution >= 0.6 is 0 Å². The van der Waals surface area contributed by atoms with Crippen molar-refractivity contribution in [3.8, 4) is 5.75 Å². The van der Waals surface area contributed by atoms with E-state index in [0.29, 0.717) is 26.4 Å². The summed E-state index contributed by atoms with van der Waals surface area (Å²) in [6, 6.07) is 18.4. The second-order valence-electron chi connectivity index (χ2n) is 9.65. The molecule has 1 amide bonds. The Hall–Kier alpha value is -2.37. The highest BCUT2D eigenvalue weighted by Crippen LogP contribution is 2.41. The molecule has 3 fully saturated rings. The molecule has 2 aromatic carbocycles. The van der Waals surface area contributed by atoms with Crippen LogP contribution in [0.15, 0.2) is 54.6 Å². The lowest BCUT2D eigenvalue weighted by Crippen LogP contribution is -2.56. The molecule has 5 rings (SSSR count). The summed E-state index contributed by atoms with van der Waals surface area (Å²) in [5, 5.41) is 0. The minimum absolute atomic E-state index is 0.0289. The van der Waals surface area contributed by atoms with Gasteiger partial charge in [0.2, 0.25) is 5.91 Å². The smallest absolute Gasteiger partial charge is 0.233 e. The molecule has 0 aromatic heterocycles. The molecule has 0 bridgehead atoms. The van der Waals surface area contributed by atoms with Crippen molar-refractivity contribution in [1.82, 2.24) is 4.90 Å².